The first-order valence-corrected chi connectivity index (χ1v) is 7.95. The standard InChI is InChI=1S/C18H28N2/c1-17(2)16(18(17,3)4)15(20-19)14-10-6-9-13(11-14)12-7-5-8-12/h6,9-12,15-16,20H,5,7-8,19H2,1-4H3. The number of nitrogens with two attached hydrogens (primary N) is 1. The molecule has 2 aliphatic rings. The third kappa shape index (κ3) is 1.93. The Bertz CT molecular complexity index is 486. The molecule has 0 spiro atoms. The van der Waals surface area contributed by atoms with Gasteiger partial charge in [-0.1, -0.05) is 58.4 Å². The fourth-order valence-corrected chi connectivity index (χ4v) is 4.21. The van der Waals surface area contributed by atoms with Gasteiger partial charge in [-0.05, 0) is 46.6 Å². The van der Waals surface area contributed by atoms with Gasteiger partial charge in [0.1, 0.15) is 0 Å². The van der Waals surface area contributed by atoms with Gasteiger partial charge < -0.3 is 0 Å². The average molecular weight is 272 g/mol. The van der Waals surface area contributed by atoms with Crippen molar-refractivity contribution in [3.05, 3.63) is 35.4 Å². The predicted octanol–water partition coefficient (Wildman–Crippen LogP) is 4.14. The first-order chi connectivity index (χ1) is 9.39. The molecule has 110 valence electrons. The molecule has 0 aromatic heterocycles. The van der Waals surface area contributed by atoms with Gasteiger partial charge >= 0.3 is 0 Å². The number of hydrogen-bond acceptors (Lipinski definition) is 2. The summed E-state index contributed by atoms with van der Waals surface area (Å²) in [6.07, 6.45) is 4.09. The van der Waals surface area contributed by atoms with Crippen molar-refractivity contribution >= 4 is 0 Å². The van der Waals surface area contributed by atoms with E-state index < -0.39 is 0 Å². The van der Waals surface area contributed by atoms with Gasteiger partial charge in [-0.3, -0.25) is 11.3 Å². The van der Waals surface area contributed by atoms with E-state index in [1.54, 1.807) is 0 Å². The third-order valence-electron chi connectivity index (χ3n) is 6.49. The average Bonchev–Trinajstić information content (AvgIpc) is 2.72. The molecule has 2 heteroatoms. The van der Waals surface area contributed by atoms with Crippen LogP contribution in [0.25, 0.3) is 0 Å². The Morgan fingerprint density at radius 1 is 1.15 bits per heavy atom. The molecule has 3 N–H and O–H groups in total. The monoisotopic (exact) mass is 272 g/mol. The second-order valence-electron chi connectivity index (χ2n) is 7.86. The third-order valence-corrected chi connectivity index (χ3v) is 6.49. The number of rotatable bonds is 4. The van der Waals surface area contributed by atoms with E-state index in [-0.39, 0.29) is 6.04 Å². The molecular weight excluding hydrogens is 244 g/mol. The molecule has 1 unspecified atom stereocenters. The van der Waals surface area contributed by atoms with Crippen molar-refractivity contribution in [2.45, 2.75) is 58.9 Å². The summed E-state index contributed by atoms with van der Waals surface area (Å²) < 4.78 is 0. The van der Waals surface area contributed by atoms with Crippen LogP contribution in [0.15, 0.2) is 24.3 Å². The highest BCUT2D eigenvalue weighted by Crippen LogP contribution is 2.72. The van der Waals surface area contributed by atoms with E-state index in [9.17, 15) is 0 Å². The second-order valence-corrected chi connectivity index (χ2v) is 7.86. The lowest BCUT2D eigenvalue weighted by atomic mass is 9.79. The fraction of sp³-hybridized carbons (Fsp3) is 0.667. The van der Waals surface area contributed by atoms with Crippen LogP contribution in [-0.4, -0.2) is 0 Å². The SMILES string of the molecule is CC1(C)C(C(NN)c2cccc(C3CCC3)c2)C1(C)C. The Balaban J connectivity index is 1.87. The fourth-order valence-electron chi connectivity index (χ4n) is 4.21. The van der Waals surface area contributed by atoms with Crippen molar-refractivity contribution in [3.63, 3.8) is 0 Å². The van der Waals surface area contributed by atoms with Crippen molar-refractivity contribution in [2.75, 3.05) is 0 Å². The smallest absolute Gasteiger partial charge is 0.0498 e. The molecule has 0 heterocycles. The first-order valence-electron chi connectivity index (χ1n) is 7.95. The van der Waals surface area contributed by atoms with Crippen LogP contribution in [0.3, 0.4) is 0 Å². The van der Waals surface area contributed by atoms with Crippen molar-refractivity contribution < 1.29 is 0 Å². The zero-order valence-electron chi connectivity index (χ0n) is 13.2. The first kappa shape index (κ1) is 14.1. The lowest BCUT2D eigenvalue weighted by molar-refractivity contribution is 0.408. The molecule has 20 heavy (non-hydrogen) atoms. The van der Waals surface area contributed by atoms with Crippen molar-refractivity contribution in [1.29, 1.82) is 0 Å². The van der Waals surface area contributed by atoms with Gasteiger partial charge in [0.05, 0.1) is 0 Å². The van der Waals surface area contributed by atoms with E-state index in [4.69, 9.17) is 5.84 Å². The van der Waals surface area contributed by atoms with Crippen LogP contribution >= 0.6 is 0 Å². The quantitative estimate of drug-likeness (QED) is 0.638. The van der Waals surface area contributed by atoms with Crippen LogP contribution in [0.1, 0.15) is 70.0 Å². The Labute approximate surface area is 123 Å². The van der Waals surface area contributed by atoms with E-state index in [2.05, 4.69) is 57.4 Å². The van der Waals surface area contributed by atoms with Crippen LogP contribution in [0.2, 0.25) is 0 Å². The summed E-state index contributed by atoms with van der Waals surface area (Å²) in [5, 5.41) is 0. The van der Waals surface area contributed by atoms with E-state index in [1.165, 1.54) is 30.4 Å². The molecule has 0 bridgehead atoms. The molecule has 3 rings (SSSR count). The van der Waals surface area contributed by atoms with Crippen LogP contribution in [0, 0.1) is 16.7 Å². The van der Waals surface area contributed by atoms with Gasteiger partial charge in [-0.2, -0.15) is 0 Å². The van der Waals surface area contributed by atoms with Crippen LogP contribution in [-0.2, 0) is 0 Å². The molecule has 1 aromatic carbocycles. The number of nitrogens with one attached hydrogen (secondary N) is 1. The summed E-state index contributed by atoms with van der Waals surface area (Å²) in [5.74, 6) is 7.29. The zero-order valence-corrected chi connectivity index (χ0v) is 13.2. The van der Waals surface area contributed by atoms with Gasteiger partial charge in [0.25, 0.3) is 0 Å². The Kier molecular flexibility index (Phi) is 3.22. The minimum Gasteiger partial charge on any atom is -0.271 e. The minimum absolute atomic E-state index is 0.264. The number of benzene rings is 1. The minimum atomic E-state index is 0.264. The summed E-state index contributed by atoms with van der Waals surface area (Å²) in [7, 11) is 0. The van der Waals surface area contributed by atoms with Crippen molar-refractivity contribution in [1.82, 2.24) is 5.43 Å². The molecule has 2 aliphatic carbocycles. The highest BCUT2D eigenvalue weighted by Gasteiger charge is 2.67. The molecule has 2 nitrogen and oxygen atoms in total. The molecule has 2 saturated carbocycles. The van der Waals surface area contributed by atoms with E-state index in [1.807, 2.05) is 0 Å². The molecule has 0 aliphatic heterocycles. The van der Waals surface area contributed by atoms with Crippen LogP contribution < -0.4 is 11.3 Å². The molecule has 1 aromatic rings. The highest BCUT2D eigenvalue weighted by molar-refractivity contribution is 5.33. The summed E-state index contributed by atoms with van der Waals surface area (Å²) in [5.41, 5.74) is 6.65. The molecule has 0 saturated heterocycles. The Morgan fingerprint density at radius 2 is 1.80 bits per heavy atom. The van der Waals surface area contributed by atoms with Gasteiger partial charge in [0, 0.05) is 6.04 Å². The largest absolute Gasteiger partial charge is 0.271 e. The van der Waals surface area contributed by atoms with Crippen molar-refractivity contribution in [3.8, 4) is 0 Å². The molecular formula is C18H28N2. The highest BCUT2D eigenvalue weighted by atomic mass is 15.2. The van der Waals surface area contributed by atoms with Gasteiger partial charge in [0.2, 0.25) is 0 Å². The summed E-state index contributed by atoms with van der Waals surface area (Å²) in [6.45, 7) is 9.44. The topological polar surface area (TPSA) is 38.0 Å². The molecule has 2 fully saturated rings. The van der Waals surface area contributed by atoms with E-state index in [0.717, 1.165) is 5.92 Å². The van der Waals surface area contributed by atoms with Gasteiger partial charge in [-0.15, -0.1) is 0 Å². The molecule has 0 amide bonds. The number of hydrazine groups is 1. The lowest BCUT2D eigenvalue weighted by Crippen LogP contribution is -2.31. The Morgan fingerprint density at radius 3 is 2.25 bits per heavy atom. The maximum Gasteiger partial charge on any atom is 0.0498 e. The molecule has 1 atom stereocenters. The van der Waals surface area contributed by atoms with Gasteiger partial charge in [-0.25, -0.2) is 0 Å². The van der Waals surface area contributed by atoms with Crippen LogP contribution in [0.4, 0.5) is 0 Å². The van der Waals surface area contributed by atoms with Crippen molar-refractivity contribution in [2.24, 2.45) is 22.6 Å². The normalized spacial score (nSPS) is 26.1. The summed E-state index contributed by atoms with van der Waals surface area (Å²) >= 11 is 0. The second kappa shape index (κ2) is 4.57. The van der Waals surface area contributed by atoms with Gasteiger partial charge in [0.15, 0.2) is 0 Å². The maximum atomic E-state index is 5.91. The van der Waals surface area contributed by atoms with E-state index in [0.29, 0.717) is 16.7 Å². The van der Waals surface area contributed by atoms with E-state index >= 15 is 0 Å². The summed E-state index contributed by atoms with van der Waals surface area (Å²) in [6, 6.07) is 9.37. The molecule has 0 radical (unpaired) electrons. The van der Waals surface area contributed by atoms with Crippen LogP contribution in [0.5, 0.6) is 0 Å². The Hall–Kier alpha value is -0.860. The maximum absolute atomic E-state index is 5.91. The lowest BCUT2D eigenvalue weighted by Gasteiger charge is -2.27. The number of hydrogen-bond donors (Lipinski definition) is 2. The predicted molar refractivity (Wildman–Crippen MR) is 84.2 cm³/mol. The summed E-state index contributed by atoms with van der Waals surface area (Å²) in [4.78, 5) is 0. The zero-order chi connectivity index (χ0) is 14.5.